The number of urea groups is 1. The highest BCUT2D eigenvalue weighted by atomic mass is 19.1. The number of nitrogens with zero attached hydrogens (tertiary/aromatic N) is 2. The van der Waals surface area contributed by atoms with Gasteiger partial charge < -0.3 is 5.32 Å². The predicted octanol–water partition coefficient (Wildman–Crippen LogP) is 2.03. The molecule has 1 aromatic carbocycles. The summed E-state index contributed by atoms with van der Waals surface area (Å²) in [5.74, 6) is -0.593. The molecule has 2 amide bonds. The summed E-state index contributed by atoms with van der Waals surface area (Å²) in [6, 6.07) is 4.08. The average molecular weight is 265 g/mol. The number of rotatable bonds is 2. The van der Waals surface area contributed by atoms with E-state index < -0.39 is 22.8 Å². The molecule has 0 spiro atoms. The van der Waals surface area contributed by atoms with Gasteiger partial charge in [0.25, 0.3) is 5.70 Å². The van der Waals surface area contributed by atoms with Crippen LogP contribution in [0.25, 0.3) is 0 Å². The number of benzene rings is 1. The van der Waals surface area contributed by atoms with Crippen molar-refractivity contribution in [2.45, 2.75) is 13.0 Å². The van der Waals surface area contributed by atoms with Gasteiger partial charge in [-0.05, 0) is 13.0 Å². The van der Waals surface area contributed by atoms with Gasteiger partial charge >= 0.3 is 6.03 Å². The Balaban J connectivity index is 2.59. The van der Waals surface area contributed by atoms with Crippen LogP contribution in [0.5, 0.6) is 0 Å². The minimum absolute atomic E-state index is 0.0787. The molecule has 19 heavy (non-hydrogen) atoms. The van der Waals surface area contributed by atoms with Gasteiger partial charge in [-0.3, -0.25) is 15.0 Å². The summed E-state index contributed by atoms with van der Waals surface area (Å²) in [5.41, 5.74) is 0.0456. The van der Waals surface area contributed by atoms with Crippen LogP contribution in [0.1, 0.15) is 18.5 Å². The van der Waals surface area contributed by atoms with Gasteiger partial charge in [0, 0.05) is 12.6 Å². The molecule has 1 aliphatic rings. The maximum absolute atomic E-state index is 13.8. The lowest BCUT2D eigenvalue weighted by atomic mass is 10.0. The Morgan fingerprint density at radius 2 is 2.05 bits per heavy atom. The first-order valence-electron chi connectivity index (χ1n) is 5.57. The van der Waals surface area contributed by atoms with Gasteiger partial charge in [-0.25, -0.2) is 9.18 Å². The highest BCUT2D eigenvalue weighted by Gasteiger charge is 2.39. The highest BCUT2D eigenvalue weighted by Crippen LogP contribution is 2.31. The summed E-state index contributed by atoms with van der Waals surface area (Å²) in [6.45, 7) is 1.46. The zero-order valence-corrected chi connectivity index (χ0v) is 10.4. The first-order chi connectivity index (χ1) is 8.93. The fraction of sp³-hybridized carbons (Fsp3) is 0.250. The first kappa shape index (κ1) is 13.0. The van der Waals surface area contributed by atoms with Crippen molar-refractivity contribution in [2.24, 2.45) is 0 Å². The maximum Gasteiger partial charge on any atom is 0.322 e. The fourth-order valence-electron chi connectivity index (χ4n) is 1.99. The quantitative estimate of drug-likeness (QED) is 0.656. The van der Waals surface area contributed by atoms with Crippen LogP contribution in [0.2, 0.25) is 0 Å². The maximum atomic E-state index is 13.8. The summed E-state index contributed by atoms with van der Waals surface area (Å²) in [7, 11) is 1.42. The number of carbonyl (C=O) groups excluding carboxylic acids is 1. The fourth-order valence-corrected chi connectivity index (χ4v) is 1.99. The third-order valence-corrected chi connectivity index (χ3v) is 3.13. The van der Waals surface area contributed by atoms with E-state index in [1.807, 2.05) is 0 Å². The van der Waals surface area contributed by atoms with E-state index in [0.717, 1.165) is 4.90 Å². The number of amides is 2. The van der Waals surface area contributed by atoms with Crippen LogP contribution in [0, 0.1) is 15.9 Å². The molecule has 0 saturated heterocycles. The Labute approximate surface area is 108 Å². The van der Waals surface area contributed by atoms with Crippen molar-refractivity contribution in [1.29, 1.82) is 0 Å². The third kappa shape index (κ3) is 2.14. The van der Waals surface area contributed by atoms with Gasteiger partial charge in [0.1, 0.15) is 5.82 Å². The number of halogens is 1. The van der Waals surface area contributed by atoms with Crippen molar-refractivity contribution < 1.29 is 14.1 Å². The molecule has 1 atom stereocenters. The van der Waals surface area contributed by atoms with Crippen LogP contribution < -0.4 is 5.32 Å². The third-order valence-electron chi connectivity index (χ3n) is 3.13. The van der Waals surface area contributed by atoms with Gasteiger partial charge in [0.05, 0.1) is 10.6 Å². The number of carbonyl (C=O) groups is 1. The second-order valence-corrected chi connectivity index (χ2v) is 4.19. The molecule has 0 aliphatic carbocycles. The monoisotopic (exact) mass is 265 g/mol. The zero-order valence-electron chi connectivity index (χ0n) is 10.4. The number of hydrogen-bond acceptors (Lipinski definition) is 3. The number of nitrogens with one attached hydrogen (secondary N) is 1. The van der Waals surface area contributed by atoms with Crippen LogP contribution in [0.15, 0.2) is 35.7 Å². The molecule has 0 radical (unpaired) electrons. The van der Waals surface area contributed by atoms with Crippen molar-refractivity contribution in [3.05, 3.63) is 57.2 Å². The number of hydrogen-bond donors (Lipinski definition) is 1. The van der Waals surface area contributed by atoms with Crippen molar-refractivity contribution in [2.75, 3.05) is 7.05 Å². The number of nitro groups is 1. The van der Waals surface area contributed by atoms with Crippen molar-refractivity contribution in [1.82, 2.24) is 10.2 Å². The van der Waals surface area contributed by atoms with E-state index in [0.29, 0.717) is 0 Å². The molecule has 0 bridgehead atoms. The van der Waals surface area contributed by atoms with E-state index in [1.54, 1.807) is 6.07 Å². The molecule has 2 rings (SSSR count). The van der Waals surface area contributed by atoms with Crippen molar-refractivity contribution in [3.8, 4) is 0 Å². The Hall–Kier alpha value is -2.44. The smallest absolute Gasteiger partial charge is 0.320 e. The summed E-state index contributed by atoms with van der Waals surface area (Å²) in [6.07, 6.45) is 0. The van der Waals surface area contributed by atoms with E-state index in [4.69, 9.17) is 0 Å². The minimum atomic E-state index is -1.08. The average Bonchev–Trinajstić information content (AvgIpc) is 2.35. The summed E-state index contributed by atoms with van der Waals surface area (Å²) in [5, 5.41) is 13.6. The lowest BCUT2D eigenvalue weighted by molar-refractivity contribution is -0.433. The SMILES string of the molecule is CC1=C([N+](=O)[O-])C(c2ccccc2F)NC(=O)N1C. The molecular formula is C12H12FN3O3. The highest BCUT2D eigenvalue weighted by molar-refractivity contribution is 5.78. The molecule has 1 unspecified atom stereocenters. The van der Waals surface area contributed by atoms with Gasteiger partial charge in [0.2, 0.25) is 0 Å². The number of allylic oxidation sites excluding steroid dienone is 1. The van der Waals surface area contributed by atoms with E-state index in [2.05, 4.69) is 5.32 Å². The molecule has 7 heteroatoms. The molecule has 0 aromatic heterocycles. The topological polar surface area (TPSA) is 75.5 Å². The lowest BCUT2D eigenvalue weighted by Gasteiger charge is -2.29. The van der Waals surface area contributed by atoms with Crippen LogP contribution in [-0.4, -0.2) is 22.9 Å². The van der Waals surface area contributed by atoms with Crippen LogP contribution in [-0.2, 0) is 0 Å². The van der Waals surface area contributed by atoms with Crippen LogP contribution >= 0.6 is 0 Å². The van der Waals surface area contributed by atoms with Crippen LogP contribution in [0.3, 0.4) is 0 Å². The molecule has 0 saturated carbocycles. The molecule has 0 fully saturated rings. The van der Waals surface area contributed by atoms with E-state index >= 15 is 0 Å². The second kappa shape index (κ2) is 4.68. The molecule has 1 aromatic rings. The predicted molar refractivity (Wildman–Crippen MR) is 65.1 cm³/mol. The Bertz CT molecular complexity index is 585. The van der Waals surface area contributed by atoms with Gasteiger partial charge in [-0.1, -0.05) is 18.2 Å². The second-order valence-electron chi connectivity index (χ2n) is 4.19. The van der Waals surface area contributed by atoms with Gasteiger partial charge in [-0.2, -0.15) is 0 Å². The normalized spacial score (nSPS) is 19.4. The minimum Gasteiger partial charge on any atom is -0.320 e. The van der Waals surface area contributed by atoms with Gasteiger partial charge in [-0.15, -0.1) is 0 Å². The van der Waals surface area contributed by atoms with E-state index in [9.17, 15) is 19.3 Å². The Morgan fingerprint density at radius 3 is 2.63 bits per heavy atom. The molecule has 100 valence electrons. The molecule has 1 heterocycles. The van der Waals surface area contributed by atoms with Crippen molar-refractivity contribution >= 4 is 6.03 Å². The standard InChI is InChI=1S/C12H12FN3O3/c1-7-11(16(18)19)10(14-12(17)15(7)2)8-5-3-4-6-9(8)13/h3-6,10H,1-2H3,(H,14,17). The van der Waals surface area contributed by atoms with Crippen LogP contribution in [0.4, 0.5) is 9.18 Å². The van der Waals surface area contributed by atoms with Crippen molar-refractivity contribution in [3.63, 3.8) is 0 Å². The van der Waals surface area contributed by atoms with E-state index in [-0.39, 0.29) is 17.0 Å². The summed E-state index contributed by atoms with van der Waals surface area (Å²) < 4.78 is 13.8. The summed E-state index contributed by atoms with van der Waals surface area (Å²) in [4.78, 5) is 23.4. The Morgan fingerprint density at radius 1 is 1.42 bits per heavy atom. The molecule has 1 aliphatic heterocycles. The zero-order chi connectivity index (χ0) is 14.2. The first-order valence-corrected chi connectivity index (χ1v) is 5.57. The van der Waals surface area contributed by atoms with E-state index in [1.165, 1.54) is 32.2 Å². The van der Waals surface area contributed by atoms with Gasteiger partial charge in [0.15, 0.2) is 6.04 Å². The summed E-state index contributed by atoms with van der Waals surface area (Å²) >= 11 is 0. The molecule has 6 nitrogen and oxygen atoms in total. The largest absolute Gasteiger partial charge is 0.322 e. The molecular weight excluding hydrogens is 253 g/mol. The lowest BCUT2D eigenvalue weighted by Crippen LogP contribution is -2.46. The molecule has 1 N–H and O–H groups in total. The Kier molecular flexibility index (Phi) is 3.20.